The number of thiophene rings is 1. The Morgan fingerprint density at radius 2 is 2.28 bits per heavy atom. The van der Waals surface area contributed by atoms with Gasteiger partial charge >= 0.3 is 0 Å². The lowest BCUT2D eigenvalue weighted by Crippen LogP contribution is -2.40. The number of carbonyl (C=O) groups is 1. The van der Waals surface area contributed by atoms with E-state index in [4.69, 9.17) is 17.3 Å². The lowest BCUT2D eigenvalue weighted by Gasteiger charge is -2.14. The molecule has 6 heteroatoms. The van der Waals surface area contributed by atoms with Gasteiger partial charge in [-0.2, -0.15) is 0 Å². The number of rotatable bonds is 5. The highest BCUT2D eigenvalue weighted by Gasteiger charge is 2.29. The van der Waals surface area contributed by atoms with Gasteiger partial charge in [-0.25, -0.2) is 0 Å². The second kappa shape index (κ2) is 6.75. The summed E-state index contributed by atoms with van der Waals surface area (Å²) >= 11 is 7.30. The Hall–Kier alpha value is -0.290. The quantitative estimate of drug-likeness (QED) is 0.879. The summed E-state index contributed by atoms with van der Waals surface area (Å²) in [7, 11) is 0. The lowest BCUT2D eigenvalue weighted by molar-refractivity contribution is -0.122. The molecule has 1 aliphatic carbocycles. The fourth-order valence-electron chi connectivity index (χ4n) is 1.75. The molecule has 2 atom stereocenters. The van der Waals surface area contributed by atoms with E-state index in [1.54, 1.807) is 0 Å². The van der Waals surface area contributed by atoms with Crippen molar-refractivity contribution < 1.29 is 4.79 Å². The molecule has 1 saturated carbocycles. The Balaban J connectivity index is 0.00000162. The smallest absolute Gasteiger partial charge is 0.228 e. The maximum absolute atomic E-state index is 11.9. The molecule has 2 unspecified atom stereocenters. The fourth-order valence-corrected chi connectivity index (χ4v) is 2.86. The van der Waals surface area contributed by atoms with Crippen molar-refractivity contribution in [2.45, 2.75) is 31.7 Å². The van der Waals surface area contributed by atoms with Gasteiger partial charge in [0.15, 0.2) is 0 Å². The van der Waals surface area contributed by atoms with Gasteiger partial charge in [0.2, 0.25) is 5.91 Å². The molecule has 1 aromatic rings. The third-order valence-electron chi connectivity index (χ3n) is 3.15. The van der Waals surface area contributed by atoms with Gasteiger partial charge in [0, 0.05) is 17.5 Å². The van der Waals surface area contributed by atoms with Crippen molar-refractivity contribution in [2.24, 2.45) is 11.7 Å². The van der Waals surface area contributed by atoms with Crippen molar-refractivity contribution in [3.8, 4) is 0 Å². The summed E-state index contributed by atoms with van der Waals surface area (Å²) in [5.41, 5.74) is 5.94. The molecule has 1 heterocycles. The van der Waals surface area contributed by atoms with Crippen LogP contribution in [-0.2, 0) is 4.79 Å². The van der Waals surface area contributed by atoms with Gasteiger partial charge in [0.1, 0.15) is 0 Å². The maximum atomic E-state index is 11.9. The summed E-state index contributed by atoms with van der Waals surface area (Å²) in [6, 6.07) is 3.83. The van der Waals surface area contributed by atoms with Gasteiger partial charge in [-0.1, -0.05) is 11.6 Å². The Labute approximate surface area is 122 Å². The molecule has 0 aromatic carbocycles. The van der Waals surface area contributed by atoms with E-state index in [-0.39, 0.29) is 30.3 Å². The van der Waals surface area contributed by atoms with Crippen LogP contribution in [0.25, 0.3) is 0 Å². The second-order valence-electron chi connectivity index (χ2n) is 4.61. The summed E-state index contributed by atoms with van der Waals surface area (Å²) < 4.78 is 0.717. The molecule has 3 nitrogen and oxygen atoms in total. The number of carbonyl (C=O) groups excluding carboxylic acids is 1. The van der Waals surface area contributed by atoms with Gasteiger partial charge < -0.3 is 11.1 Å². The SMILES string of the molecule is CC(C(=O)NCC(N)C1CC1)c1ccc(Cl)s1.Cl. The van der Waals surface area contributed by atoms with Crippen molar-refractivity contribution >= 4 is 41.3 Å². The Bertz CT molecular complexity index is 407. The zero-order valence-corrected chi connectivity index (χ0v) is 12.6. The largest absolute Gasteiger partial charge is 0.354 e. The highest BCUT2D eigenvalue weighted by atomic mass is 35.5. The van der Waals surface area contributed by atoms with Crippen LogP contribution in [0.4, 0.5) is 0 Å². The summed E-state index contributed by atoms with van der Waals surface area (Å²) in [6.07, 6.45) is 2.40. The van der Waals surface area contributed by atoms with E-state index in [1.165, 1.54) is 24.2 Å². The number of halogens is 2. The van der Waals surface area contributed by atoms with Crippen LogP contribution in [0.3, 0.4) is 0 Å². The van der Waals surface area contributed by atoms with Crippen LogP contribution in [0.1, 0.15) is 30.6 Å². The lowest BCUT2D eigenvalue weighted by atomic mass is 10.1. The zero-order chi connectivity index (χ0) is 12.4. The first-order valence-electron chi connectivity index (χ1n) is 5.86. The van der Waals surface area contributed by atoms with Crippen LogP contribution in [0.15, 0.2) is 12.1 Å². The number of nitrogens with two attached hydrogens (primary N) is 1. The van der Waals surface area contributed by atoms with Gasteiger partial charge in [0.25, 0.3) is 0 Å². The molecule has 0 saturated heterocycles. The highest BCUT2D eigenvalue weighted by molar-refractivity contribution is 7.16. The van der Waals surface area contributed by atoms with Gasteiger partial charge in [-0.15, -0.1) is 23.7 Å². The summed E-state index contributed by atoms with van der Waals surface area (Å²) in [5, 5.41) is 2.91. The van der Waals surface area contributed by atoms with Crippen molar-refractivity contribution in [1.82, 2.24) is 5.32 Å². The average molecular weight is 309 g/mol. The maximum Gasteiger partial charge on any atom is 0.228 e. The molecule has 1 fully saturated rings. The van der Waals surface area contributed by atoms with Crippen LogP contribution in [0.5, 0.6) is 0 Å². The van der Waals surface area contributed by atoms with Crippen LogP contribution < -0.4 is 11.1 Å². The first kappa shape index (κ1) is 15.8. The predicted octanol–water partition coefficient (Wildman–Crippen LogP) is 2.78. The third-order valence-corrected chi connectivity index (χ3v) is 4.57. The minimum absolute atomic E-state index is 0. The molecule has 3 N–H and O–H groups in total. The van der Waals surface area contributed by atoms with Crippen LogP contribution in [-0.4, -0.2) is 18.5 Å². The second-order valence-corrected chi connectivity index (χ2v) is 6.36. The minimum atomic E-state index is -0.154. The van der Waals surface area contributed by atoms with Crippen molar-refractivity contribution in [3.63, 3.8) is 0 Å². The number of amides is 1. The van der Waals surface area contributed by atoms with E-state index in [0.29, 0.717) is 16.8 Å². The number of nitrogens with one attached hydrogen (secondary N) is 1. The van der Waals surface area contributed by atoms with Gasteiger partial charge in [-0.05, 0) is 37.8 Å². The van der Waals surface area contributed by atoms with Crippen molar-refractivity contribution in [2.75, 3.05) is 6.54 Å². The Morgan fingerprint density at radius 3 is 2.78 bits per heavy atom. The molecule has 1 aromatic heterocycles. The third kappa shape index (κ3) is 4.12. The first-order valence-corrected chi connectivity index (χ1v) is 7.06. The first-order chi connectivity index (χ1) is 8.08. The number of hydrogen-bond acceptors (Lipinski definition) is 3. The van der Waals surface area contributed by atoms with E-state index < -0.39 is 0 Å². The summed E-state index contributed by atoms with van der Waals surface area (Å²) in [4.78, 5) is 12.9. The van der Waals surface area contributed by atoms with Gasteiger partial charge in [-0.3, -0.25) is 4.79 Å². The molecule has 1 aliphatic rings. The molecule has 0 bridgehead atoms. The number of hydrogen-bond donors (Lipinski definition) is 2. The molecule has 0 spiro atoms. The molecule has 0 aliphatic heterocycles. The van der Waals surface area contributed by atoms with E-state index in [0.717, 1.165) is 4.88 Å². The normalized spacial score (nSPS) is 17.7. The molecule has 102 valence electrons. The molecule has 2 rings (SSSR count). The van der Waals surface area contributed by atoms with Crippen molar-refractivity contribution in [1.29, 1.82) is 0 Å². The van der Waals surface area contributed by atoms with E-state index in [1.807, 2.05) is 19.1 Å². The van der Waals surface area contributed by atoms with E-state index in [2.05, 4.69) is 5.32 Å². The average Bonchev–Trinajstić information content (AvgIpc) is 3.07. The topological polar surface area (TPSA) is 55.1 Å². The van der Waals surface area contributed by atoms with Crippen molar-refractivity contribution in [3.05, 3.63) is 21.3 Å². The minimum Gasteiger partial charge on any atom is -0.354 e. The summed E-state index contributed by atoms with van der Waals surface area (Å²) in [6.45, 7) is 2.47. The zero-order valence-electron chi connectivity index (χ0n) is 10.2. The van der Waals surface area contributed by atoms with E-state index >= 15 is 0 Å². The fraction of sp³-hybridized carbons (Fsp3) is 0.583. The Kier molecular flexibility index (Phi) is 5.92. The molecular formula is C12H18Cl2N2OS. The molecular weight excluding hydrogens is 291 g/mol. The predicted molar refractivity (Wildman–Crippen MR) is 78.7 cm³/mol. The highest BCUT2D eigenvalue weighted by Crippen LogP contribution is 2.31. The van der Waals surface area contributed by atoms with Crippen LogP contribution >= 0.6 is 35.3 Å². The van der Waals surface area contributed by atoms with Crippen LogP contribution in [0, 0.1) is 5.92 Å². The monoisotopic (exact) mass is 308 g/mol. The van der Waals surface area contributed by atoms with E-state index in [9.17, 15) is 4.79 Å². The molecule has 0 radical (unpaired) electrons. The van der Waals surface area contributed by atoms with Gasteiger partial charge in [0.05, 0.1) is 10.3 Å². The Morgan fingerprint density at radius 1 is 1.61 bits per heavy atom. The molecule has 1 amide bonds. The van der Waals surface area contributed by atoms with Crippen LogP contribution in [0.2, 0.25) is 4.34 Å². The standard InChI is InChI=1S/C12H17ClN2OS.ClH/c1-7(10-4-5-11(13)17-10)12(16)15-6-9(14)8-2-3-8;/h4-5,7-9H,2-3,6,14H2,1H3,(H,15,16);1H. The summed E-state index contributed by atoms with van der Waals surface area (Å²) in [5.74, 6) is 0.486. The molecule has 18 heavy (non-hydrogen) atoms.